The van der Waals surface area contributed by atoms with Crippen LogP contribution in [0, 0.1) is 0 Å². The smallest absolute Gasteiger partial charge is 1.00 e. The Morgan fingerprint density at radius 3 is 1.40 bits per heavy atom. The van der Waals surface area contributed by atoms with E-state index < -0.39 is 0 Å². The minimum atomic E-state index is -0.181. The average Bonchev–Trinajstić information content (AvgIpc) is 4.33. The zero-order valence-corrected chi connectivity index (χ0v) is 54.9. The van der Waals surface area contributed by atoms with Crippen molar-refractivity contribution in [1.29, 1.82) is 0 Å². The second-order valence-corrected chi connectivity index (χ2v) is 19.6. The van der Waals surface area contributed by atoms with E-state index >= 15 is 0 Å². The summed E-state index contributed by atoms with van der Waals surface area (Å²) in [6, 6.07) is 85.5. The van der Waals surface area contributed by atoms with Gasteiger partial charge in [0.2, 0.25) is 0 Å². The summed E-state index contributed by atoms with van der Waals surface area (Å²) < 4.78 is 4.39. The van der Waals surface area contributed by atoms with E-state index in [2.05, 4.69) is 143 Å². The van der Waals surface area contributed by atoms with Gasteiger partial charge in [0.15, 0.2) is 0 Å². The van der Waals surface area contributed by atoms with E-state index in [9.17, 15) is 0 Å². The maximum atomic E-state index is 8.64. The second-order valence-electron chi connectivity index (χ2n) is 17.5. The number of anilines is 4. The zero-order chi connectivity index (χ0) is 54.9. The molecule has 12 rings (SSSR count). The molecule has 0 atom stereocenters. The molecule has 394 valence electrons. The Morgan fingerprint density at radius 1 is 0.506 bits per heavy atom. The van der Waals surface area contributed by atoms with Crippen LogP contribution in [-0.4, -0.2) is 25.6 Å². The summed E-state index contributed by atoms with van der Waals surface area (Å²) in [4.78, 5) is 23.3. The van der Waals surface area contributed by atoms with Gasteiger partial charge in [-0.25, -0.2) is 9.97 Å². The van der Waals surface area contributed by atoms with Gasteiger partial charge >= 0.3 is 103 Å². The molecule has 9 nitrogen and oxygen atoms in total. The fourth-order valence-electron chi connectivity index (χ4n) is 8.71. The molecule has 16 heteroatoms. The first kappa shape index (κ1) is 63.7. The van der Waals surface area contributed by atoms with E-state index in [1.807, 2.05) is 146 Å². The SMILES string of the molecule is BrCc1ccccc1.Clc1cccc(N(Cc2ccccc2)c2ccc(-c3nc4ccccc4n3-c3ccccc3)cc2)c1Cl.Clc1cccc(Nc2ccc(-c3nc4ccccc4n3-c3ccccc3)cc2)c1Cl.O=CO[O-].[H-].[K+].[K+]. The van der Waals surface area contributed by atoms with Crippen LogP contribution in [-0.2, 0) is 21.6 Å². The molecule has 0 amide bonds. The second kappa shape index (κ2) is 32.2. The molecule has 0 radical (unpaired) electrons. The van der Waals surface area contributed by atoms with Crippen molar-refractivity contribution < 1.29 is 119 Å². The van der Waals surface area contributed by atoms with Crippen molar-refractivity contribution >= 4 is 114 Å². The van der Waals surface area contributed by atoms with Gasteiger partial charge in [0, 0.05) is 45.8 Å². The number of benzene rings is 10. The monoisotopic (exact) mass is 1260 g/mol. The van der Waals surface area contributed by atoms with Crippen LogP contribution in [0.15, 0.2) is 255 Å². The van der Waals surface area contributed by atoms with Crippen LogP contribution in [0.5, 0.6) is 0 Å². The van der Waals surface area contributed by atoms with Crippen LogP contribution in [0.2, 0.25) is 20.1 Å². The number of halogens is 5. The van der Waals surface area contributed by atoms with E-state index in [4.69, 9.17) is 66.4 Å². The van der Waals surface area contributed by atoms with Gasteiger partial charge in [-0.15, -0.1) is 0 Å². The van der Waals surface area contributed by atoms with Crippen LogP contribution in [0.3, 0.4) is 0 Å². The first-order valence-electron chi connectivity index (χ1n) is 24.8. The molecule has 12 aromatic rings. The largest absolute Gasteiger partial charge is 1.00 e. The topological polar surface area (TPSA) is 100 Å². The molecule has 2 aromatic heterocycles. The number of aromatic nitrogens is 4. The van der Waals surface area contributed by atoms with Gasteiger partial charge in [0.25, 0.3) is 6.47 Å². The molecule has 1 N–H and O–H groups in total. The number of alkyl halides is 1. The molecule has 2 heterocycles. The summed E-state index contributed by atoms with van der Waals surface area (Å²) in [5.41, 5.74) is 14.3. The Morgan fingerprint density at radius 2 is 0.926 bits per heavy atom. The van der Waals surface area contributed by atoms with Crippen molar-refractivity contribution in [2.24, 2.45) is 0 Å². The fourth-order valence-corrected chi connectivity index (χ4v) is 9.83. The number of nitrogens with one attached hydrogen (secondary N) is 1. The Kier molecular flexibility index (Phi) is 25.3. The van der Waals surface area contributed by atoms with Gasteiger partial charge in [0.1, 0.15) is 11.6 Å². The van der Waals surface area contributed by atoms with Crippen LogP contribution >= 0.6 is 62.3 Å². The predicted molar refractivity (Wildman–Crippen MR) is 329 cm³/mol. The van der Waals surface area contributed by atoms with Crippen LogP contribution in [0.1, 0.15) is 12.6 Å². The Hall–Kier alpha value is -4.92. The van der Waals surface area contributed by atoms with Gasteiger partial charge in [-0.1, -0.05) is 196 Å². The molecule has 0 fully saturated rings. The molecular formula is C65H49BrCl4K2N6O3. The maximum Gasteiger partial charge on any atom is 1.00 e. The molecule has 0 saturated carbocycles. The van der Waals surface area contributed by atoms with Crippen molar-refractivity contribution in [2.75, 3.05) is 10.2 Å². The predicted octanol–water partition coefficient (Wildman–Crippen LogP) is 12.2. The first-order chi connectivity index (χ1) is 38.7. The number of nitrogens with zero attached hydrogens (tertiary/aromatic N) is 5. The van der Waals surface area contributed by atoms with Gasteiger partial charge in [-0.3, -0.25) is 13.9 Å². The Balaban J connectivity index is 0.000000215. The summed E-state index contributed by atoms with van der Waals surface area (Å²) in [5.74, 6) is 1.80. The number of fused-ring (bicyclic) bond motifs is 2. The first-order valence-corrected chi connectivity index (χ1v) is 27.4. The number of hydrogen-bond acceptors (Lipinski definition) is 7. The third-order valence-electron chi connectivity index (χ3n) is 12.4. The molecule has 0 aliphatic heterocycles. The number of carbonyl (C=O) groups excluding carboxylic acids is 1. The van der Waals surface area contributed by atoms with Gasteiger partial charge in [-0.05, 0) is 132 Å². The summed E-state index contributed by atoms with van der Waals surface area (Å²) in [5, 5.41) is 14.8. The summed E-state index contributed by atoms with van der Waals surface area (Å²) in [6.45, 7) is 0.475. The summed E-state index contributed by atoms with van der Waals surface area (Å²) >= 11 is 28.8. The normalized spacial score (nSPS) is 10.3. The zero-order valence-electron chi connectivity index (χ0n) is 45.1. The van der Waals surface area contributed by atoms with Crippen molar-refractivity contribution in [3.8, 4) is 34.2 Å². The summed E-state index contributed by atoms with van der Waals surface area (Å²) in [7, 11) is 0. The minimum Gasteiger partial charge on any atom is -1.00 e. The molecule has 10 aromatic carbocycles. The van der Waals surface area contributed by atoms with Crippen molar-refractivity contribution in [2.45, 2.75) is 11.9 Å². The molecule has 81 heavy (non-hydrogen) atoms. The number of hydrogen-bond donors (Lipinski definition) is 1. The third kappa shape index (κ3) is 16.5. The molecular weight excluding hydrogens is 1210 g/mol. The van der Waals surface area contributed by atoms with Gasteiger partial charge in [0.05, 0.1) is 53.5 Å². The van der Waals surface area contributed by atoms with E-state index in [0.717, 1.165) is 84.3 Å². The third-order valence-corrected chi connectivity index (χ3v) is 14.7. The Labute approximate surface area is 585 Å². The minimum absolute atomic E-state index is 0. The molecule has 0 spiro atoms. The molecule has 0 saturated heterocycles. The maximum absolute atomic E-state index is 8.64. The molecule has 0 aliphatic rings. The number of rotatable bonds is 12. The van der Waals surface area contributed by atoms with E-state index in [0.29, 0.717) is 26.6 Å². The molecule has 0 aliphatic carbocycles. The van der Waals surface area contributed by atoms with E-state index in [1.165, 1.54) is 11.1 Å². The van der Waals surface area contributed by atoms with Crippen LogP contribution < -0.4 is 118 Å². The van der Waals surface area contributed by atoms with Crippen LogP contribution in [0.25, 0.3) is 56.2 Å². The molecule has 0 bridgehead atoms. The van der Waals surface area contributed by atoms with Gasteiger partial charge < -0.3 is 21.8 Å². The van der Waals surface area contributed by atoms with E-state index in [-0.39, 0.29) is 111 Å². The number of imidazole rings is 2. The van der Waals surface area contributed by atoms with Crippen LogP contribution in [0.4, 0.5) is 22.7 Å². The fraction of sp³-hybridized carbons (Fsp3) is 0.0308. The van der Waals surface area contributed by atoms with Crippen molar-refractivity contribution in [3.63, 3.8) is 0 Å². The Bertz CT molecular complexity index is 3910. The number of carbonyl (C=O) groups is 1. The average molecular weight is 1260 g/mol. The standard InChI is InChI=1S/C32H23Cl2N3.C25H17Cl2N3.C7H7Br.CH2O3.2K.H/c33-27-14-9-17-30(31(27)34)36(22-23-10-3-1-4-11-23)25-20-18-24(19-21-25)32-35-28-15-7-8-16-29(28)37(32)26-12-5-2-6-13-26;26-20-9-6-11-22(24(20)27)28-18-15-13-17(14-16-18)25-29-21-10-4-5-12-23(21)30(25)19-7-2-1-3-8-19;8-6-7-4-2-1-3-5-7;2-1-4-3;;;/h1-21H,22H2;1-16,28H;1-5H,6H2;1,3H;;;/q;;;;2*+1;-1/p-1. The quantitative estimate of drug-likeness (QED) is 0.0428. The van der Waals surface area contributed by atoms with E-state index in [1.54, 1.807) is 6.07 Å². The van der Waals surface area contributed by atoms with Crippen molar-refractivity contribution in [3.05, 3.63) is 286 Å². The number of para-hydroxylation sites is 6. The van der Waals surface area contributed by atoms with Gasteiger partial charge in [-0.2, -0.15) is 0 Å². The van der Waals surface area contributed by atoms with Crippen molar-refractivity contribution in [1.82, 2.24) is 19.1 Å². The molecule has 0 unspecified atom stereocenters. The summed E-state index contributed by atoms with van der Waals surface area (Å²) in [6.07, 6.45) is 0.